The Labute approximate surface area is 128 Å². The number of benzene rings is 1. The van der Waals surface area contributed by atoms with Crippen molar-refractivity contribution >= 4 is 15.7 Å². The Hall–Kier alpha value is -1.07. The second-order valence-electron chi connectivity index (χ2n) is 7.08. The van der Waals surface area contributed by atoms with Gasteiger partial charge >= 0.3 is 0 Å². The predicted octanol–water partition coefficient (Wildman–Crippen LogP) is 3.12. The van der Waals surface area contributed by atoms with E-state index in [0.717, 1.165) is 6.54 Å². The molecule has 118 valence electrons. The van der Waals surface area contributed by atoms with E-state index in [1.165, 1.54) is 18.4 Å². The van der Waals surface area contributed by atoms with Crippen LogP contribution in [0.25, 0.3) is 0 Å². The van der Waals surface area contributed by atoms with Crippen LogP contribution in [0.5, 0.6) is 0 Å². The van der Waals surface area contributed by atoms with Crippen molar-refractivity contribution in [2.24, 2.45) is 5.41 Å². The van der Waals surface area contributed by atoms with Crippen molar-refractivity contribution in [2.75, 3.05) is 10.5 Å². The normalized spacial score (nSPS) is 16.0. The molecule has 21 heavy (non-hydrogen) atoms. The van der Waals surface area contributed by atoms with Crippen LogP contribution in [0.4, 0.5) is 5.69 Å². The zero-order valence-corrected chi connectivity index (χ0v) is 14.0. The summed E-state index contributed by atoms with van der Waals surface area (Å²) in [5.41, 5.74) is 1.84. The van der Waals surface area contributed by atoms with Gasteiger partial charge in [0.2, 0.25) is 10.0 Å². The van der Waals surface area contributed by atoms with Crippen molar-refractivity contribution in [3.05, 3.63) is 29.8 Å². The summed E-state index contributed by atoms with van der Waals surface area (Å²) >= 11 is 0. The average Bonchev–Trinajstić information content (AvgIpc) is 3.19. The van der Waals surface area contributed by atoms with Crippen LogP contribution in [0.15, 0.2) is 24.3 Å². The van der Waals surface area contributed by atoms with E-state index in [-0.39, 0.29) is 11.2 Å². The number of sulfonamides is 1. The maximum absolute atomic E-state index is 12.0. The smallest absolute Gasteiger partial charge is 0.232 e. The van der Waals surface area contributed by atoms with Gasteiger partial charge in [0.15, 0.2) is 0 Å². The van der Waals surface area contributed by atoms with Gasteiger partial charge in [-0.1, -0.05) is 32.9 Å². The van der Waals surface area contributed by atoms with Crippen molar-refractivity contribution in [1.82, 2.24) is 5.32 Å². The molecular formula is C16H26N2O2S. The van der Waals surface area contributed by atoms with E-state index in [9.17, 15) is 8.42 Å². The molecule has 0 heterocycles. The summed E-state index contributed by atoms with van der Waals surface area (Å²) < 4.78 is 26.7. The minimum atomic E-state index is -3.26. The maximum atomic E-state index is 12.0. The monoisotopic (exact) mass is 310 g/mol. The summed E-state index contributed by atoms with van der Waals surface area (Å²) in [5, 5.41) is 3.44. The van der Waals surface area contributed by atoms with Gasteiger partial charge in [0.25, 0.3) is 0 Å². The van der Waals surface area contributed by atoms with E-state index < -0.39 is 10.0 Å². The van der Waals surface area contributed by atoms with E-state index in [1.807, 2.05) is 45.0 Å². The Morgan fingerprint density at radius 3 is 2.29 bits per heavy atom. The van der Waals surface area contributed by atoms with Gasteiger partial charge in [0.1, 0.15) is 0 Å². The molecule has 1 aliphatic carbocycles. The van der Waals surface area contributed by atoms with Crippen LogP contribution in [-0.2, 0) is 16.6 Å². The molecule has 1 fully saturated rings. The summed E-state index contributed by atoms with van der Waals surface area (Å²) in [6.45, 7) is 6.99. The lowest BCUT2D eigenvalue weighted by Gasteiger charge is -2.18. The van der Waals surface area contributed by atoms with Crippen molar-refractivity contribution < 1.29 is 8.42 Å². The Balaban J connectivity index is 1.86. The molecule has 0 amide bonds. The zero-order valence-electron chi connectivity index (χ0n) is 13.1. The SMILES string of the molecule is CC(C)(C)CCS(=O)(=O)Nc1ccc(CNC2CC2)cc1. The van der Waals surface area contributed by atoms with Crippen LogP contribution in [0.1, 0.15) is 45.6 Å². The quantitative estimate of drug-likeness (QED) is 0.813. The van der Waals surface area contributed by atoms with Gasteiger partial charge in [-0.05, 0) is 42.4 Å². The fourth-order valence-electron chi connectivity index (χ4n) is 1.91. The molecule has 0 bridgehead atoms. The highest BCUT2D eigenvalue weighted by Crippen LogP contribution is 2.21. The third-order valence-corrected chi connectivity index (χ3v) is 4.81. The van der Waals surface area contributed by atoms with Crippen LogP contribution >= 0.6 is 0 Å². The van der Waals surface area contributed by atoms with E-state index >= 15 is 0 Å². The highest BCUT2D eigenvalue weighted by molar-refractivity contribution is 7.92. The van der Waals surface area contributed by atoms with Gasteiger partial charge in [0.05, 0.1) is 5.75 Å². The highest BCUT2D eigenvalue weighted by Gasteiger charge is 2.20. The lowest BCUT2D eigenvalue weighted by molar-refractivity contribution is 0.397. The van der Waals surface area contributed by atoms with Crippen LogP contribution in [0, 0.1) is 5.41 Å². The Morgan fingerprint density at radius 2 is 1.76 bits per heavy atom. The summed E-state index contributed by atoms with van der Waals surface area (Å²) in [7, 11) is -3.26. The first-order valence-electron chi connectivity index (χ1n) is 7.56. The number of hydrogen-bond acceptors (Lipinski definition) is 3. The molecule has 1 aliphatic rings. The lowest BCUT2D eigenvalue weighted by atomic mass is 9.94. The van der Waals surface area contributed by atoms with Crippen molar-refractivity contribution in [3.63, 3.8) is 0 Å². The molecule has 0 aliphatic heterocycles. The Bertz CT molecular complexity index is 555. The second kappa shape index (κ2) is 6.36. The molecule has 0 atom stereocenters. The molecule has 5 heteroatoms. The van der Waals surface area contributed by atoms with Gasteiger partial charge < -0.3 is 5.32 Å². The fraction of sp³-hybridized carbons (Fsp3) is 0.625. The first-order valence-corrected chi connectivity index (χ1v) is 9.22. The first-order chi connectivity index (χ1) is 9.73. The van der Waals surface area contributed by atoms with Crippen LogP contribution in [-0.4, -0.2) is 20.2 Å². The third kappa shape index (κ3) is 6.48. The second-order valence-corrected chi connectivity index (χ2v) is 8.93. The minimum Gasteiger partial charge on any atom is -0.310 e. The molecule has 0 aromatic heterocycles. The third-order valence-electron chi connectivity index (χ3n) is 3.52. The molecule has 2 rings (SSSR count). The molecule has 0 unspecified atom stereocenters. The average molecular weight is 310 g/mol. The van der Waals surface area contributed by atoms with Crippen molar-refractivity contribution in [3.8, 4) is 0 Å². The summed E-state index contributed by atoms with van der Waals surface area (Å²) in [4.78, 5) is 0. The Morgan fingerprint density at radius 1 is 1.14 bits per heavy atom. The van der Waals surface area contributed by atoms with Crippen molar-refractivity contribution in [1.29, 1.82) is 0 Å². The number of hydrogen-bond donors (Lipinski definition) is 2. The molecule has 0 radical (unpaired) electrons. The summed E-state index contributed by atoms with van der Waals surface area (Å²) in [5.74, 6) is 0.154. The van der Waals surface area contributed by atoms with Crippen LogP contribution in [0.2, 0.25) is 0 Å². The van der Waals surface area contributed by atoms with E-state index in [0.29, 0.717) is 18.2 Å². The maximum Gasteiger partial charge on any atom is 0.232 e. The van der Waals surface area contributed by atoms with Gasteiger partial charge in [0, 0.05) is 18.3 Å². The molecule has 2 N–H and O–H groups in total. The molecule has 0 saturated heterocycles. The van der Waals surface area contributed by atoms with E-state index in [1.54, 1.807) is 0 Å². The van der Waals surface area contributed by atoms with E-state index in [2.05, 4.69) is 10.0 Å². The minimum absolute atomic E-state index is 0.0209. The molecule has 1 aromatic carbocycles. The largest absolute Gasteiger partial charge is 0.310 e. The fourth-order valence-corrected chi connectivity index (χ4v) is 3.39. The standard InChI is InChI=1S/C16H26N2O2S/c1-16(2,3)10-11-21(19,20)18-15-6-4-13(5-7-15)12-17-14-8-9-14/h4-7,14,17-18H,8-12H2,1-3H3. The number of anilines is 1. The van der Waals surface area contributed by atoms with Gasteiger partial charge in [-0.25, -0.2) is 8.42 Å². The molecule has 1 saturated carbocycles. The van der Waals surface area contributed by atoms with Gasteiger partial charge in [-0.2, -0.15) is 0 Å². The zero-order chi connectivity index (χ0) is 15.5. The van der Waals surface area contributed by atoms with Crippen LogP contribution < -0.4 is 10.0 Å². The Kier molecular flexibility index (Phi) is 4.94. The number of nitrogens with one attached hydrogen (secondary N) is 2. The number of rotatable bonds is 7. The molecule has 4 nitrogen and oxygen atoms in total. The lowest BCUT2D eigenvalue weighted by Crippen LogP contribution is -2.21. The van der Waals surface area contributed by atoms with Gasteiger partial charge in [-0.15, -0.1) is 0 Å². The molecule has 1 aromatic rings. The topological polar surface area (TPSA) is 58.2 Å². The molecule has 0 spiro atoms. The van der Waals surface area contributed by atoms with E-state index in [4.69, 9.17) is 0 Å². The predicted molar refractivity (Wildman–Crippen MR) is 87.8 cm³/mol. The molecular weight excluding hydrogens is 284 g/mol. The first kappa shape index (κ1) is 16.3. The summed E-state index contributed by atoms with van der Waals surface area (Å²) in [6, 6.07) is 8.28. The van der Waals surface area contributed by atoms with Crippen LogP contribution in [0.3, 0.4) is 0 Å². The van der Waals surface area contributed by atoms with Crippen molar-refractivity contribution in [2.45, 2.75) is 52.6 Å². The highest BCUT2D eigenvalue weighted by atomic mass is 32.2. The van der Waals surface area contributed by atoms with Gasteiger partial charge in [-0.3, -0.25) is 4.72 Å². The summed E-state index contributed by atoms with van der Waals surface area (Å²) in [6.07, 6.45) is 3.18.